The van der Waals surface area contributed by atoms with Gasteiger partial charge in [0.1, 0.15) is 5.75 Å². The predicted octanol–water partition coefficient (Wildman–Crippen LogP) is 1.39. The molecule has 0 saturated carbocycles. The average molecular weight is 207 g/mol. The summed E-state index contributed by atoms with van der Waals surface area (Å²) in [6.07, 6.45) is 2.27. The summed E-state index contributed by atoms with van der Waals surface area (Å²) in [5.74, 6) is 0.963. The van der Waals surface area contributed by atoms with E-state index in [1.54, 1.807) is 0 Å². The summed E-state index contributed by atoms with van der Waals surface area (Å²) in [5, 5.41) is 9.80. The van der Waals surface area contributed by atoms with Crippen molar-refractivity contribution in [3.8, 4) is 5.75 Å². The summed E-state index contributed by atoms with van der Waals surface area (Å²) >= 11 is 0. The molecule has 0 aliphatic carbocycles. The van der Waals surface area contributed by atoms with E-state index >= 15 is 0 Å². The Bertz CT molecular complexity index is 338. The highest BCUT2D eigenvalue weighted by Gasteiger charge is 2.13. The number of nitrogens with two attached hydrogens (primary N) is 1. The third-order valence-corrected chi connectivity index (χ3v) is 2.76. The average Bonchev–Trinajstić information content (AvgIpc) is 2.29. The van der Waals surface area contributed by atoms with E-state index in [0.717, 1.165) is 30.8 Å². The zero-order chi connectivity index (χ0) is 10.7. The van der Waals surface area contributed by atoms with Gasteiger partial charge in [0.2, 0.25) is 0 Å². The van der Waals surface area contributed by atoms with Crippen molar-refractivity contribution < 1.29 is 9.84 Å². The highest BCUT2D eigenvalue weighted by atomic mass is 16.5. The number of benzene rings is 1. The highest BCUT2D eigenvalue weighted by molar-refractivity contribution is 5.39. The van der Waals surface area contributed by atoms with Gasteiger partial charge in [-0.15, -0.1) is 0 Å². The molecule has 0 saturated heterocycles. The van der Waals surface area contributed by atoms with Crippen molar-refractivity contribution in [3.05, 3.63) is 29.3 Å². The van der Waals surface area contributed by atoms with Gasteiger partial charge in [-0.05, 0) is 49.1 Å². The Hall–Kier alpha value is -1.06. The Kier molecular flexibility index (Phi) is 3.23. The van der Waals surface area contributed by atoms with Crippen molar-refractivity contribution >= 4 is 0 Å². The molecule has 0 spiro atoms. The molecule has 0 fully saturated rings. The van der Waals surface area contributed by atoms with E-state index in [1.807, 2.05) is 18.2 Å². The lowest BCUT2D eigenvalue weighted by molar-refractivity contribution is 0.170. The molecule has 2 rings (SSSR count). The fourth-order valence-corrected chi connectivity index (χ4v) is 1.91. The Morgan fingerprint density at radius 3 is 3.13 bits per heavy atom. The Morgan fingerprint density at radius 1 is 1.47 bits per heavy atom. The molecule has 1 atom stereocenters. The molecule has 0 aromatic heterocycles. The van der Waals surface area contributed by atoms with Gasteiger partial charge in [-0.25, -0.2) is 0 Å². The van der Waals surface area contributed by atoms with Crippen molar-refractivity contribution in [3.63, 3.8) is 0 Å². The standard InChI is InChI=1S/C12H17NO2/c13-6-5-11(14)9-3-4-12-10(8-9)2-1-7-15-12/h3-4,8,11,14H,1-2,5-7,13H2. The maximum Gasteiger partial charge on any atom is 0.122 e. The minimum absolute atomic E-state index is 0.442. The first-order valence-corrected chi connectivity index (χ1v) is 5.45. The van der Waals surface area contributed by atoms with Gasteiger partial charge in [0.05, 0.1) is 12.7 Å². The SMILES string of the molecule is NCCC(O)c1ccc2c(c1)CCCO2. The number of aryl methyl sites for hydroxylation is 1. The van der Waals surface area contributed by atoms with Crippen LogP contribution in [0.15, 0.2) is 18.2 Å². The van der Waals surface area contributed by atoms with Crippen LogP contribution in [0.25, 0.3) is 0 Å². The van der Waals surface area contributed by atoms with Crippen LogP contribution in [0.5, 0.6) is 5.75 Å². The van der Waals surface area contributed by atoms with Gasteiger partial charge in [0.15, 0.2) is 0 Å². The number of aliphatic hydroxyl groups excluding tert-OH is 1. The monoisotopic (exact) mass is 207 g/mol. The van der Waals surface area contributed by atoms with Crippen LogP contribution in [0.4, 0.5) is 0 Å². The quantitative estimate of drug-likeness (QED) is 0.787. The van der Waals surface area contributed by atoms with Crippen LogP contribution in [0, 0.1) is 0 Å². The summed E-state index contributed by atoms with van der Waals surface area (Å²) < 4.78 is 5.51. The van der Waals surface area contributed by atoms with Gasteiger partial charge in [-0.1, -0.05) is 6.07 Å². The molecule has 1 aliphatic heterocycles. The van der Waals surface area contributed by atoms with E-state index in [9.17, 15) is 5.11 Å². The Morgan fingerprint density at radius 2 is 2.33 bits per heavy atom. The molecule has 0 radical (unpaired) electrons. The van der Waals surface area contributed by atoms with Crippen molar-refractivity contribution in [2.75, 3.05) is 13.2 Å². The summed E-state index contributed by atoms with van der Waals surface area (Å²) in [4.78, 5) is 0. The van der Waals surface area contributed by atoms with Gasteiger partial charge in [-0.2, -0.15) is 0 Å². The molecule has 3 nitrogen and oxygen atoms in total. The number of aliphatic hydroxyl groups is 1. The van der Waals surface area contributed by atoms with Crippen LogP contribution in [0.3, 0.4) is 0 Å². The topological polar surface area (TPSA) is 55.5 Å². The number of rotatable bonds is 3. The normalized spacial score (nSPS) is 16.7. The van der Waals surface area contributed by atoms with E-state index in [4.69, 9.17) is 10.5 Å². The molecule has 1 heterocycles. The second-order valence-electron chi connectivity index (χ2n) is 3.91. The van der Waals surface area contributed by atoms with Crippen LogP contribution in [-0.2, 0) is 6.42 Å². The van der Waals surface area contributed by atoms with Crippen molar-refractivity contribution in [1.82, 2.24) is 0 Å². The number of hydrogen-bond acceptors (Lipinski definition) is 3. The lowest BCUT2D eigenvalue weighted by Crippen LogP contribution is -2.10. The molecule has 3 N–H and O–H groups in total. The number of ether oxygens (including phenoxy) is 1. The molecular formula is C12H17NO2. The van der Waals surface area contributed by atoms with Crippen LogP contribution in [0.1, 0.15) is 30.1 Å². The third kappa shape index (κ3) is 2.30. The highest BCUT2D eigenvalue weighted by Crippen LogP contribution is 2.28. The van der Waals surface area contributed by atoms with E-state index in [0.29, 0.717) is 13.0 Å². The molecule has 82 valence electrons. The van der Waals surface area contributed by atoms with Crippen LogP contribution < -0.4 is 10.5 Å². The van der Waals surface area contributed by atoms with E-state index in [-0.39, 0.29) is 0 Å². The molecule has 0 amide bonds. The fraction of sp³-hybridized carbons (Fsp3) is 0.500. The van der Waals surface area contributed by atoms with Crippen LogP contribution >= 0.6 is 0 Å². The zero-order valence-electron chi connectivity index (χ0n) is 8.78. The summed E-state index contributed by atoms with van der Waals surface area (Å²) in [7, 11) is 0. The van der Waals surface area contributed by atoms with Gasteiger partial charge in [0, 0.05) is 0 Å². The number of hydrogen-bond donors (Lipinski definition) is 2. The van der Waals surface area contributed by atoms with Gasteiger partial charge in [0.25, 0.3) is 0 Å². The largest absolute Gasteiger partial charge is 0.493 e. The minimum Gasteiger partial charge on any atom is -0.493 e. The summed E-state index contributed by atoms with van der Waals surface area (Å²) in [6, 6.07) is 5.91. The first-order chi connectivity index (χ1) is 7.31. The molecule has 0 bridgehead atoms. The maximum absolute atomic E-state index is 9.80. The van der Waals surface area contributed by atoms with Crippen LogP contribution in [0.2, 0.25) is 0 Å². The first kappa shape index (κ1) is 10.5. The zero-order valence-corrected chi connectivity index (χ0v) is 8.78. The molecule has 15 heavy (non-hydrogen) atoms. The lowest BCUT2D eigenvalue weighted by Gasteiger charge is -2.19. The fourth-order valence-electron chi connectivity index (χ4n) is 1.91. The molecule has 1 unspecified atom stereocenters. The first-order valence-electron chi connectivity index (χ1n) is 5.45. The second-order valence-corrected chi connectivity index (χ2v) is 3.91. The number of fused-ring (bicyclic) bond motifs is 1. The molecule has 1 aromatic carbocycles. The van der Waals surface area contributed by atoms with Crippen molar-refractivity contribution in [2.45, 2.75) is 25.4 Å². The maximum atomic E-state index is 9.80. The summed E-state index contributed by atoms with van der Waals surface area (Å²) in [5.41, 5.74) is 7.57. The van der Waals surface area contributed by atoms with Gasteiger partial charge in [-0.3, -0.25) is 0 Å². The lowest BCUT2D eigenvalue weighted by atomic mass is 9.99. The van der Waals surface area contributed by atoms with E-state index < -0.39 is 6.10 Å². The van der Waals surface area contributed by atoms with E-state index in [1.165, 1.54) is 5.56 Å². The second kappa shape index (κ2) is 4.64. The Balaban J connectivity index is 2.20. The van der Waals surface area contributed by atoms with Gasteiger partial charge < -0.3 is 15.6 Å². The molecule has 1 aromatic rings. The van der Waals surface area contributed by atoms with E-state index in [2.05, 4.69) is 0 Å². The Labute approximate surface area is 89.9 Å². The van der Waals surface area contributed by atoms with Crippen LogP contribution in [-0.4, -0.2) is 18.3 Å². The third-order valence-electron chi connectivity index (χ3n) is 2.76. The minimum atomic E-state index is -0.442. The predicted molar refractivity (Wildman–Crippen MR) is 58.9 cm³/mol. The van der Waals surface area contributed by atoms with Crippen molar-refractivity contribution in [1.29, 1.82) is 0 Å². The molecule has 1 aliphatic rings. The molecular weight excluding hydrogens is 190 g/mol. The smallest absolute Gasteiger partial charge is 0.122 e. The van der Waals surface area contributed by atoms with Gasteiger partial charge >= 0.3 is 0 Å². The molecule has 3 heteroatoms. The van der Waals surface area contributed by atoms with Crippen molar-refractivity contribution in [2.24, 2.45) is 5.73 Å². The summed E-state index contributed by atoms with van der Waals surface area (Å²) in [6.45, 7) is 1.31.